The number of hydrogen-bond acceptors (Lipinski definition) is 2. The van der Waals surface area contributed by atoms with Crippen molar-refractivity contribution in [3.05, 3.63) is 11.1 Å². The summed E-state index contributed by atoms with van der Waals surface area (Å²) >= 11 is 0. The van der Waals surface area contributed by atoms with Gasteiger partial charge < -0.3 is 5.32 Å². The predicted molar refractivity (Wildman–Crippen MR) is 47.7 cm³/mol. The second-order valence-corrected chi connectivity index (χ2v) is 3.05. The van der Waals surface area contributed by atoms with E-state index in [0.29, 0.717) is 17.4 Å². The summed E-state index contributed by atoms with van der Waals surface area (Å²) in [6.07, 6.45) is 0.690. The lowest BCUT2D eigenvalue weighted by Gasteiger charge is -2.08. The SMILES string of the molecule is C/C(C=O)=C(/C)C(=O)NC(C)C. The first-order chi connectivity index (χ1) is 5.49. The minimum absolute atomic E-state index is 0.104. The molecule has 0 saturated heterocycles. The molecule has 1 N–H and O–H groups in total. The number of aldehydes is 1. The molecule has 0 aliphatic carbocycles. The summed E-state index contributed by atoms with van der Waals surface area (Å²) in [5.74, 6) is -0.172. The number of carbonyl (C=O) groups is 2. The molecule has 0 spiro atoms. The molecular weight excluding hydrogens is 154 g/mol. The summed E-state index contributed by atoms with van der Waals surface area (Å²) in [5.41, 5.74) is 0.965. The Balaban J connectivity index is 4.39. The van der Waals surface area contributed by atoms with Gasteiger partial charge in [0.05, 0.1) is 0 Å². The zero-order chi connectivity index (χ0) is 9.72. The Morgan fingerprint density at radius 3 is 2.17 bits per heavy atom. The van der Waals surface area contributed by atoms with E-state index in [9.17, 15) is 9.59 Å². The summed E-state index contributed by atoms with van der Waals surface area (Å²) in [5, 5.41) is 2.70. The lowest BCUT2D eigenvalue weighted by molar-refractivity contribution is -0.118. The van der Waals surface area contributed by atoms with Gasteiger partial charge in [-0.25, -0.2) is 0 Å². The van der Waals surface area contributed by atoms with E-state index in [2.05, 4.69) is 5.32 Å². The van der Waals surface area contributed by atoms with Crippen molar-refractivity contribution in [1.82, 2.24) is 5.32 Å². The lowest BCUT2D eigenvalue weighted by Crippen LogP contribution is -2.31. The number of amides is 1. The van der Waals surface area contributed by atoms with E-state index in [1.54, 1.807) is 13.8 Å². The van der Waals surface area contributed by atoms with Gasteiger partial charge in [0, 0.05) is 11.6 Å². The highest BCUT2D eigenvalue weighted by Crippen LogP contribution is 2.00. The molecular formula is C9H15NO2. The first kappa shape index (κ1) is 10.9. The van der Waals surface area contributed by atoms with E-state index in [4.69, 9.17) is 0 Å². The quantitative estimate of drug-likeness (QED) is 0.507. The minimum atomic E-state index is -0.172. The van der Waals surface area contributed by atoms with Crippen molar-refractivity contribution in [2.75, 3.05) is 0 Å². The molecule has 3 nitrogen and oxygen atoms in total. The van der Waals surface area contributed by atoms with Crippen LogP contribution in [-0.2, 0) is 9.59 Å². The van der Waals surface area contributed by atoms with Gasteiger partial charge in [-0.1, -0.05) is 0 Å². The molecule has 0 fully saturated rings. The summed E-state index contributed by atoms with van der Waals surface area (Å²) in [7, 11) is 0. The fourth-order valence-electron chi connectivity index (χ4n) is 0.638. The van der Waals surface area contributed by atoms with E-state index in [1.165, 1.54) is 0 Å². The topological polar surface area (TPSA) is 46.2 Å². The summed E-state index contributed by atoms with van der Waals surface area (Å²) in [6.45, 7) is 7.02. The molecule has 0 rings (SSSR count). The Hall–Kier alpha value is -1.12. The van der Waals surface area contributed by atoms with Gasteiger partial charge in [-0.15, -0.1) is 0 Å². The van der Waals surface area contributed by atoms with Crippen molar-refractivity contribution in [3.63, 3.8) is 0 Å². The Bertz CT molecular complexity index is 217. The Kier molecular flexibility index (Phi) is 4.26. The highest BCUT2D eigenvalue weighted by atomic mass is 16.1. The summed E-state index contributed by atoms with van der Waals surface area (Å²) < 4.78 is 0. The second kappa shape index (κ2) is 4.70. The smallest absolute Gasteiger partial charge is 0.247 e. The van der Waals surface area contributed by atoms with Crippen LogP contribution >= 0.6 is 0 Å². The molecule has 0 aromatic carbocycles. The van der Waals surface area contributed by atoms with Crippen molar-refractivity contribution >= 4 is 12.2 Å². The molecule has 0 aromatic rings. The van der Waals surface area contributed by atoms with Crippen LogP contribution in [0.25, 0.3) is 0 Å². The molecule has 0 saturated carbocycles. The zero-order valence-electron chi connectivity index (χ0n) is 7.97. The first-order valence-corrected chi connectivity index (χ1v) is 3.92. The maximum atomic E-state index is 11.2. The molecule has 0 atom stereocenters. The van der Waals surface area contributed by atoms with Crippen molar-refractivity contribution in [1.29, 1.82) is 0 Å². The van der Waals surface area contributed by atoms with Crippen molar-refractivity contribution in [2.45, 2.75) is 33.7 Å². The Morgan fingerprint density at radius 2 is 1.83 bits per heavy atom. The third-order valence-corrected chi connectivity index (χ3v) is 1.53. The molecule has 1 amide bonds. The van der Waals surface area contributed by atoms with Gasteiger partial charge in [0.25, 0.3) is 0 Å². The van der Waals surface area contributed by atoms with E-state index in [-0.39, 0.29) is 11.9 Å². The normalized spacial score (nSPS) is 12.4. The van der Waals surface area contributed by atoms with Gasteiger partial charge in [0.15, 0.2) is 0 Å². The standard InChI is InChI=1S/C9H15NO2/c1-6(2)10-9(12)8(4)7(3)5-11/h5-6H,1-4H3,(H,10,12)/b8-7+. The van der Waals surface area contributed by atoms with Gasteiger partial charge in [0.2, 0.25) is 5.91 Å². The van der Waals surface area contributed by atoms with Crippen LogP contribution < -0.4 is 5.32 Å². The average molecular weight is 169 g/mol. The third kappa shape index (κ3) is 3.32. The summed E-state index contributed by atoms with van der Waals surface area (Å²) in [4.78, 5) is 21.5. The molecule has 0 unspecified atom stereocenters. The van der Waals surface area contributed by atoms with Gasteiger partial charge >= 0.3 is 0 Å². The molecule has 12 heavy (non-hydrogen) atoms. The molecule has 0 aliphatic heterocycles. The van der Waals surface area contributed by atoms with Crippen molar-refractivity contribution in [3.8, 4) is 0 Å². The van der Waals surface area contributed by atoms with Crippen LogP contribution in [0.4, 0.5) is 0 Å². The molecule has 0 bridgehead atoms. The van der Waals surface area contributed by atoms with Crippen LogP contribution in [0.5, 0.6) is 0 Å². The highest BCUT2D eigenvalue weighted by molar-refractivity contribution is 5.98. The van der Waals surface area contributed by atoms with Gasteiger partial charge in [-0.3, -0.25) is 9.59 Å². The van der Waals surface area contributed by atoms with Crippen LogP contribution in [0.15, 0.2) is 11.1 Å². The fourth-order valence-corrected chi connectivity index (χ4v) is 0.638. The first-order valence-electron chi connectivity index (χ1n) is 3.92. The maximum Gasteiger partial charge on any atom is 0.247 e. The number of rotatable bonds is 3. The number of nitrogens with one attached hydrogen (secondary N) is 1. The second-order valence-electron chi connectivity index (χ2n) is 3.05. The molecule has 0 aromatic heterocycles. The van der Waals surface area contributed by atoms with Crippen molar-refractivity contribution < 1.29 is 9.59 Å². The molecule has 0 aliphatic rings. The number of carbonyl (C=O) groups excluding carboxylic acids is 2. The fraction of sp³-hybridized carbons (Fsp3) is 0.556. The van der Waals surface area contributed by atoms with Crippen LogP contribution in [0.3, 0.4) is 0 Å². The van der Waals surface area contributed by atoms with Gasteiger partial charge in [0.1, 0.15) is 6.29 Å². The zero-order valence-corrected chi connectivity index (χ0v) is 7.97. The number of allylic oxidation sites excluding steroid dienone is 1. The van der Waals surface area contributed by atoms with E-state index in [0.717, 1.165) is 0 Å². The Labute approximate surface area is 72.8 Å². The Morgan fingerprint density at radius 1 is 1.33 bits per heavy atom. The van der Waals surface area contributed by atoms with Crippen LogP contribution in [0.2, 0.25) is 0 Å². The monoisotopic (exact) mass is 169 g/mol. The molecule has 0 heterocycles. The van der Waals surface area contributed by atoms with Gasteiger partial charge in [-0.05, 0) is 33.3 Å². The van der Waals surface area contributed by atoms with Crippen LogP contribution in [-0.4, -0.2) is 18.2 Å². The van der Waals surface area contributed by atoms with Crippen LogP contribution in [0, 0.1) is 0 Å². The molecule has 68 valence electrons. The summed E-state index contributed by atoms with van der Waals surface area (Å²) in [6, 6.07) is 0.104. The van der Waals surface area contributed by atoms with E-state index >= 15 is 0 Å². The van der Waals surface area contributed by atoms with Gasteiger partial charge in [-0.2, -0.15) is 0 Å². The van der Waals surface area contributed by atoms with E-state index in [1.807, 2.05) is 13.8 Å². The average Bonchev–Trinajstić information content (AvgIpc) is 2.00. The largest absolute Gasteiger partial charge is 0.350 e. The minimum Gasteiger partial charge on any atom is -0.350 e. The molecule has 0 radical (unpaired) electrons. The van der Waals surface area contributed by atoms with E-state index < -0.39 is 0 Å². The number of hydrogen-bond donors (Lipinski definition) is 1. The van der Waals surface area contributed by atoms with Crippen LogP contribution in [0.1, 0.15) is 27.7 Å². The third-order valence-electron chi connectivity index (χ3n) is 1.53. The maximum absolute atomic E-state index is 11.2. The van der Waals surface area contributed by atoms with Crippen molar-refractivity contribution in [2.24, 2.45) is 0 Å². The molecule has 3 heteroatoms. The lowest BCUT2D eigenvalue weighted by atomic mass is 10.1. The highest BCUT2D eigenvalue weighted by Gasteiger charge is 2.07. The predicted octanol–water partition coefficient (Wildman–Crippen LogP) is 1.05.